The van der Waals surface area contributed by atoms with E-state index in [1.807, 2.05) is 24.3 Å². The molecule has 2 aromatic rings. The van der Waals surface area contributed by atoms with Gasteiger partial charge in [0, 0.05) is 26.2 Å². The van der Waals surface area contributed by atoms with Crippen LogP contribution in [0.4, 0.5) is 0 Å². The van der Waals surface area contributed by atoms with Crippen molar-refractivity contribution in [3.05, 3.63) is 59.7 Å². The zero-order chi connectivity index (χ0) is 21.7. The molecule has 1 aliphatic rings. The molecule has 0 saturated carbocycles. The van der Waals surface area contributed by atoms with E-state index in [1.165, 1.54) is 6.42 Å². The van der Waals surface area contributed by atoms with Gasteiger partial charge in [-0.15, -0.1) is 0 Å². The standard InChI is InChI=1S/C25H30N4O2/c26-20-22-4-8-24(9-5-22)30-18-2-14-28-12-1-13-29(17-16-28)15-3-19-31-25-10-6-23(21-27)7-11-25/h4-11H,1-3,12-19H2. The maximum atomic E-state index is 8.84. The van der Waals surface area contributed by atoms with Gasteiger partial charge in [0.2, 0.25) is 0 Å². The number of nitriles is 2. The lowest BCUT2D eigenvalue weighted by Gasteiger charge is -2.21. The third-order valence-corrected chi connectivity index (χ3v) is 5.42. The fourth-order valence-corrected chi connectivity index (χ4v) is 3.68. The Kier molecular flexibility index (Phi) is 9.19. The first kappa shape index (κ1) is 22.6. The minimum Gasteiger partial charge on any atom is -0.494 e. The fraction of sp³-hybridized carbons (Fsp3) is 0.440. The van der Waals surface area contributed by atoms with Gasteiger partial charge in [0.1, 0.15) is 11.5 Å². The molecule has 1 saturated heterocycles. The lowest BCUT2D eigenvalue weighted by atomic mass is 10.2. The molecule has 0 spiro atoms. The third kappa shape index (κ3) is 7.94. The minimum atomic E-state index is 0.655. The van der Waals surface area contributed by atoms with Gasteiger partial charge in [0.25, 0.3) is 0 Å². The first-order chi connectivity index (χ1) is 15.3. The lowest BCUT2D eigenvalue weighted by molar-refractivity contribution is 0.221. The van der Waals surface area contributed by atoms with Crippen LogP contribution in [0.3, 0.4) is 0 Å². The molecule has 1 fully saturated rings. The summed E-state index contributed by atoms with van der Waals surface area (Å²) in [6.45, 7) is 7.93. The number of nitrogens with zero attached hydrogens (tertiary/aromatic N) is 4. The van der Waals surface area contributed by atoms with E-state index in [1.54, 1.807) is 24.3 Å². The molecule has 0 aromatic heterocycles. The van der Waals surface area contributed by atoms with Crippen molar-refractivity contribution < 1.29 is 9.47 Å². The summed E-state index contributed by atoms with van der Waals surface area (Å²) in [6.07, 6.45) is 3.18. The van der Waals surface area contributed by atoms with E-state index in [2.05, 4.69) is 21.9 Å². The van der Waals surface area contributed by atoms with Crippen LogP contribution < -0.4 is 9.47 Å². The van der Waals surface area contributed by atoms with E-state index in [4.69, 9.17) is 20.0 Å². The van der Waals surface area contributed by atoms with Crippen LogP contribution in [0.15, 0.2) is 48.5 Å². The van der Waals surface area contributed by atoms with Crippen LogP contribution in [0.2, 0.25) is 0 Å². The highest BCUT2D eigenvalue weighted by atomic mass is 16.5. The molecule has 6 nitrogen and oxygen atoms in total. The number of benzene rings is 2. The van der Waals surface area contributed by atoms with Crippen LogP contribution >= 0.6 is 0 Å². The van der Waals surface area contributed by atoms with Gasteiger partial charge in [-0.2, -0.15) is 10.5 Å². The van der Waals surface area contributed by atoms with Gasteiger partial charge in [-0.1, -0.05) is 0 Å². The van der Waals surface area contributed by atoms with E-state index in [0.717, 1.165) is 63.6 Å². The number of ether oxygens (including phenoxy) is 2. The molecule has 3 rings (SSSR count). The zero-order valence-electron chi connectivity index (χ0n) is 18.0. The fourth-order valence-electron chi connectivity index (χ4n) is 3.68. The quantitative estimate of drug-likeness (QED) is 0.548. The Morgan fingerprint density at radius 1 is 0.645 bits per heavy atom. The summed E-state index contributed by atoms with van der Waals surface area (Å²) >= 11 is 0. The van der Waals surface area contributed by atoms with E-state index in [-0.39, 0.29) is 0 Å². The van der Waals surface area contributed by atoms with Gasteiger partial charge in [-0.3, -0.25) is 0 Å². The highest BCUT2D eigenvalue weighted by Crippen LogP contribution is 2.13. The molecular weight excluding hydrogens is 388 g/mol. The molecule has 0 radical (unpaired) electrons. The zero-order valence-corrected chi connectivity index (χ0v) is 18.0. The van der Waals surface area contributed by atoms with E-state index >= 15 is 0 Å². The van der Waals surface area contributed by atoms with Crippen molar-refractivity contribution in [2.75, 3.05) is 52.5 Å². The van der Waals surface area contributed by atoms with Gasteiger partial charge in [-0.05, 0) is 80.9 Å². The average Bonchev–Trinajstić information content (AvgIpc) is 3.05. The lowest BCUT2D eigenvalue weighted by Crippen LogP contribution is -2.32. The topological polar surface area (TPSA) is 72.5 Å². The second-order valence-electron chi connectivity index (χ2n) is 7.71. The van der Waals surface area contributed by atoms with Crippen molar-refractivity contribution in [2.45, 2.75) is 19.3 Å². The van der Waals surface area contributed by atoms with Gasteiger partial charge in [0.05, 0.1) is 36.5 Å². The number of hydrogen-bond donors (Lipinski definition) is 0. The molecular formula is C25H30N4O2. The molecule has 1 aliphatic heterocycles. The summed E-state index contributed by atoms with van der Waals surface area (Å²) in [5.74, 6) is 1.65. The van der Waals surface area contributed by atoms with Crippen molar-refractivity contribution in [3.63, 3.8) is 0 Å². The Morgan fingerprint density at radius 3 is 1.45 bits per heavy atom. The summed E-state index contributed by atoms with van der Waals surface area (Å²) in [7, 11) is 0. The van der Waals surface area contributed by atoms with Crippen molar-refractivity contribution in [1.82, 2.24) is 9.80 Å². The monoisotopic (exact) mass is 418 g/mol. The van der Waals surface area contributed by atoms with Crippen LogP contribution in [0.5, 0.6) is 11.5 Å². The molecule has 6 heteroatoms. The predicted molar refractivity (Wildman–Crippen MR) is 120 cm³/mol. The van der Waals surface area contributed by atoms with Crippen LogP contribution in [0.1, 0.15) is 30.4 Å². The third-order valence-electron chi connectivity index (χ3n) is 5.42. The molecule has 1 heterocycles. The van der Waals surface area contributed by atoms with E-state index in [0.29, 0.717) is 24.3 Å². The van der Waals surface area contributed by atoms with Crippen LogP contribution in [0, 0.1) is 22.7 Å². The Hall–Kier alpha value is -3.06. The molecule has 0 aliphatic carbocycles. The molecule has 0 N–H and O–H groups in total. The van der Waals surface area contributed by atoms with E-state index in [9.17, 15) is 0 Å². The smallest absolute Gasteiger partial charge is 0.119 e. The first-order valence-corrected chi connectivity index (χ1v) is 11.0. The Balaban J connectivity index is 1.26. The van der Waals surface area contributed by atoms with E-state index < -0.39 is 0 Å². The van der Waals surface area contributed by atoms with Gasteiger partial charge < -0.3 is 19.3 Å². The van der Waals surface area contributed by atoms with Crippen LogP contribution in [-0.2, 0) is 0 Å². The summed E-state index contributed by atoms with van der Waals surface area (Å²) in [5.41, 5.74) is 1.31. The number of rotatable bonds is 10. The highest BCUT2D eigenvalue weighted by molar-refractivity contribution is 5.35. The molecule has 31 heavy (non-hydrogen) atoms. The van der Waals surface area contributed by atoms with Crippen LogP contribution in [0.25, 0.3) is 0 Å². The largest absolute Gasteiger partial charge is 0.494 e. The van der Waals surface area contributed by atoms with Crippen molar-refractivity contribution in [1.29, 1.82) is 10.5 Å². The summed E-state index contributed by atoms with van der Waals surface area (Å²) in [5, 5.41) is 17.7. The molecule has 2 aromatic carbocycles. The van der Waals surface area contributed by atoms with Gasteiger partial charge >= 0.3 is 0 Å². The number of hydrogen-bond acceptors (Lipinski definition) is 6. The first-order valence-electron chi connectivity index (χ1n) is 11.0. The highest BCUT2D eigenvalue weighted by Gasteiger charge is 2.14. The summed E-state index contributed by atoms with van der Waals surface area (Å²) in [4.78, 5) is 5.05. The predicted octanol–water partition coefficient (Wildman–Crippen LogP) is 3.68. The second kappa shape index (κ2) is 12.6. The van der Waals surface area contributed by atoms with Gasteiger partial charge in [0.15, 0.2) is 0 Å². The summed E-state index contributed by atoms with van der Waals surface area (Å²) in [6, 6.07) is 18.8. The van der Waals surface area contributed by atoms with Crippen molar-refractivity contribution in [2.24, 2.45) is 0 Å². The van der Waals surface area contributed by atoms with Gasteiger partial charge in [-0.25, -0.2) is 0 Å². The Bertz CT molecular complexity index is 795. The average molecular weight is 419 g/mol. The normalized spacial score (nSPS) is 14.9. The molecule has 0 atom stereocenters. The SMILES string of the molecule is N#Cc1ccc(OCCCN2CCCN(CCCOc3ccc(C#N)cc3)CC2)cc1. The maximum Gasteiger partial charge on any atom is 0.119 e. The molecule has 0 bridgehead atoms. The van der Waals surface area contributed by atoms with Crippen LogP contribution in [-0.4, -0.2) is 62.3 Å². The van der Waals surface area contributed by atoms with Crippen molar-refractivity contribution >= 4 is 0 Å². The molecule has 0 unspecified atom stereocenters. The molecule has 0 amide bonds. The van der Waals surface area contributed by atoms with Crippen molar-refractivity contribution in [3.8, 4) is 23.6 Å². The second-order valence-corrected chi connectivity index (χ2v) is 7.71. The Labute approximate surface area is 185 Å². The molecule has 162 valence electrons. The summed E-state index contributed by atoms with van der Waals surface area (Å²) < 4.78 is 11.6. The minimum absolute atomic E-state index is 0.655. The maximum absolute atomic E-state index is 8.84. The Morgan fingerprint density at radius 2 is 1.06 bits per heavy atom.